The molecule has 0 heterocycles. The largest absolute Gasteiger partial charge is 0.266 e. The molecule has 0 aromatic heterocycles. The molecule has 0 N–H and O–H groups in total. The highest BCUT2D eigenvalue weighted by Crippen LogP contribution is 1.99. The third-order valence-electron chi connectivity index (χ3n) is 2.48. The zero-order valence-corrected chi connectivity index (χ0v) is 10.4. The maximum absolute atomic E-state index is 4.39. The van der Waals surface area contributed by atoms with E-state index in [0.717, 1.165) is 11.1 Å². The number of benzene rings is 2. The Labute approximate surface area is 108 Å². The Morgan fingerprint density at radius 2 is 1.11 bits per heavy atom. The highest BCUT2D eigenvalue weighted by molar-refractivity contribution is 5.81. The van der Waals surface area contributed by atoms with Gasteiger partial charge in [-0.2, -0.15) is 0 Å². The summed E-state index contributed by atoms with van der Waals surface area (Å²) >= 11 is 0. The standard InChI is InChI=1S/C16H16N2/c1-14(17-12-15-8-4-2-5-9-15)18-13-16-10-6-3-7-11-16/h2-14H,1H3. The van der Waals surface area contributed by atoms with Gasteiger partial charge in [-0.3, -0.25) is 9.98 Å². The minimum Gasteiger partial charge on any atom is -0.266 e. The molecule has 0 unspecified atom stereocenters. The minimum absolute atomic E-state index is 0.0644. The van der Waals surface area contributed by atoms with Crippen LogP contribution in [0.1, 0.15) is 18.1 Å². The number of hydrogen-bond donors (Lipinski definition) is 0. The molecule has 90 valence electrons. The third kappa shape index (κ3) is 3.98. The van der Waals surface area contributed by atoms with E-state index >= 15 is 0 Å². The number of hydrogen-bond acceptors (Lipinski definition) is 2. The molecule has 0 radical (unpaired) electrons. The van der Waals surface area contributed by atoms with Crippen molar-refractivity contribution < 1.29 is 0 Å². The molecule has 0 aliphatic carbocycles. The fraction of sp³-hybridized carbons (Fsp3) is 0.125. The molecule has 0 spiro atoms. The summed E-state index contributed by atoms with van der Waals surface area (Å²) in [7, 11) is 0. The van der Waals surface area contributed by atoms with Crippen LogP contribution in [0, 0.1) is 0 Å². The van der Waals surface area contributed by atoms with E-state index in [9.17, 15) is 0 Å². The lowest BCUT2D eigenvalue weighted by Crippen LogP contribution is -1.95. The second-order valence-electron chi connectivity index (χ2n) is 4.01. The topological polar surface area (TPSA) is 24.7 Å². The SMILES string of the molecule is CC(N=Cc1ccccc1)N=Cc1ccccc1. The van der Waals surface area contributed by atoms with Crippen LogP contribution in [0.2, 0.25) is 0 Å². The summed E-state index contributed by atoms with van der Waals surface area (Å²) in [5, 5.41) is 0. The molecule has 2 aromatic rings. The fourth-order valence-corrected chi connectivity index (χ4v) is 1.50. The smallest absolute Gasteiger partial charge is 0.136 e. The quantitative estimate of drug-likeness (QED) is 0.725. The maximum atomic E-state index is 4.39. The molecule has 2 rings (SSSR count). The Bertz CT molecular complexity index is 466. The van der Waals surface area contributed by atoms with Gasteiger partial charge in [-0.15, -0.1) is 0 Å². The van der Waals surface area contributed by atoms with Crippen LogP contribution in [0.15, 0.2) is 70.6 Å². The van der Waals surface area contributed by atoms with Crippen LogP contribution in [0.25, 0.3) is 0 Å². The third-order valence-corrected chi connectivity index (χ3v) is 2.48. The van der Waals surface area contributed by atoms with Gasteiger partial charge in [0.15, 0.2) is 0 Å². The first-order valence-electron chi connectivity index (χ1n) is 6.01. The van der Waals surface area contributed by atoms with E-state index in [1.807, 2.05) is 80.0 Å². The van der Waals surface area contributed by atoms with Gasteiger partial charge in [-0.05, 0) is 18.1 Å². The molecule has 0 amide bonds. The maximum Gasteiger partial charge on any atom is 0.136 e. The first-order valence-corrected chi connectivity index (χ1v) is 6.01. The molecule has 0 saturated heterocycles. The predicted octanol–water partition coefficient (Wildman–Crippen LogP) is 3.57. The highest BCUT2D eigenvalue weighted by Gasteiger charge is 1.92. The number of aliphatic imine (C=N–C) groups is 2. The van der Waals surface area contributed by atoms with E-state index in [1.54, 1.807) is 0 Å². The van der Waals surface area contributed by atoms with Crippen molar-refractivity contribution in [3.63, 3.8) is 0 Å². The van der Waals surface area contributed by atoms with Gasteiger partial charge in [0, 0.05) is 12.4 Å². The van der Waals surface area contributed by atoms with E-state index in [0.29, 0.717) is 0 Å². The molecule has 0 aliphatic heterocycles. The first-order chi connectivity index (χ1) is 8.84. The molecule has 0 bridgehead atoms. The number of rotatable bonds is 4. The predicted molar refractivity (Wildman–Crippen MR) is 77.5 cm³/mol. The van der Waals surface area contributed by atoms with Crippen molar-refractivity contribution in [2.75, 3.05) is 0 Å². The van der Waals surface area contributed by atoms with Gasteiger partial charge in [-0.1, -0.05) is 60.7 Å². The molecule has 0 atom stereocenters. The van der Waals surface area contributed by atoms with Crippen LogP contribution in [0.3, 0.4) is 0 Å². The van der Waals surface area contributed by atoms with Gasteiger partial charge in [0.25, 0.3) is 0 Å². The van der Waals surface area contributed by atoms with Crippen LogP contribution in [0.4, 0.5) is 0 Å². The monoisotopic (exact) mass is 236 g/mol. The summed E-state index contributed by atoms with van der Waals surface area (Å²) in [5.41, 5.74) is 2.19. The summed E-state index contributed by atoms with van der Waals surface area (Å²) in [5.74, 6) is 0. The van der Waals surface area contributed by atoms with Crippen molar-refractivity contribution in [2.45, 2.75) is 13.1 Å². The second-order valence-corrected chi connectivity index (χ2v) is 4.01. The van der Waals surface area contributed by atoms with Crippen molar-refractivity contribution in [3.8, 4) is 0 Å². The molecular formula is C16H16N2. The zero-order valence-electron chi connectivity index (χ0n) is 10.4. The summed E-state index contributed by atoms with van der Waals surface area (Å²) in [6.45, 7) is 1.97. The van der Waals surface area contributed by atoms with E-state index in [4.69, 9.17) is 0 Å². The second kappa shape index (κ2) is 6.50. The molecule has 18 heavy (non-hydrogen) atoms. The molecule has 2 nitrogen and oxygen atoms in total. The Hall–Kier alpha value is -2.22. The summed E-state index contributed by atoms with van der Waals surface area (Å²) in [6.07, 6.45) is 3.64. The van der Waals surface area contributed by atoms with Crippen LogP contribution in [0.5, 0.6) is 0 Å². The van der Waals surface area contributed by atoms with E-state index in [1.165, 1.54) is 0 Å². The summed E-state index contributed by atoms with van der Waals surface area (Å²) in [4.78, 5) is 8.77. The van der Waals surface area contributed by atoms with Crippen LogP contribution >= 0.6 is 0 Å². The van der Waals surface area contributed by atoms with Crippen LogP contribution in [-0.4, -0.2) is 18.6 Å². The average Bonchev–Trinajstić information content (AvgIpc) is 2.45. The summed E-state index contributed by atoms with van der Waals surface area (Å²) in [6, 6.07) is 20.1. The molecule has 0 fully saturated rings. The van der Waals surface area contributed by atoms with Gasteiger partial charge in [0.1, 0.15) is 6.17 Å². The molecule has 2 heteroatoms. The summed E-state index contributed by atoms with van der Waals surface area (Å²) < 4.78 is 0. The van der Waals surface area contributed by atoms with E-state index in [2.05, 4.69) is 9.98 Å². The fourth-order valence-electron chi connectivity index (χ4n) is 1.50. The zero-order chi connectivity index (χ0) is 12.6. The molecule has 0 aliphatic rings. The average molecular weight is 236 g/mol. The van der Waals surface area contributed by atoms with E-state index in [-0.39, 0.29) is 6.17 Å². The Morgan fingerprint density at radius 3 is 1.50 bits per heavy atom. The normalized spacial score (nSPS) is 13.2. The van der Waals surface area contributed by atoms with Gasteiger partial charge in [0.2, 0.25) is 0 Å². The van der Waals surface area contributed by atoms with Gasteiger partial charge >= 0.3 is 0 Å². The van der Waals surface area contributed by atoms with Crippen molar-refractivity contribution in [3.05, 3.63) is 71.8 Å². The van der Waals surface area contributed by atoms with Crippen LogP contribution < -0.4 is 0 Å². The molecular weight excluding hydrogens is 220 g/mol. The van der Waals surface area contributed by atoms with Crippen molar-refractivity contribution in [2.24, 2.45) is 9.98 Å². The van der Waals surface area contributed by atoms with Crippen molar-refractivity contribution >= 4 is 12.4 Å². The lowest BCUT2D eigenvalue weighted by atomic mass is 10.2. The lowest BCUT2D eigenvalue weighted by Gasteiger charge is -1.99. The van der Waals surface area contributed by atoms with Gasteiger partial charge in [0.05, 0.1) is 0 Å². The number of nitrogens with zero attached hydrogens (tertiary/aromatic N) is 2. The first kappa shape index (κ1) is 12.2. The van der Waals surface area contributed by atoms with Gasteiger partial charge in [-0.25, -0.2) is 0 Å². The van der Waals surface area contributed by atoms with Crippen LogP contribution in [-0.2, 0) is 0 Å². The minimum atomic E-state index is -0.0644. The van der Waals surface area contributed by atoms with Gasteiger partial charge < -0.3 is 0 Å². The Kier molecular flexibility index (Phi) is 4.42. The van der Waals surface area contributed by atoms with Crippen molar-refractivity contribution in [1.29, 1.82) is 0 Å². The van der Waals surface area contributed by atoms with E-state index < -0.39 is 0 Å². The Morgan fingerprint density at radius 1 is 0.722 bits per heavy atom. The molecule has 0 saturated carbocycles. The Balaban J connectivity index is 1.95. The van der Waals surface area contributed by atoms with Crippen molar-refractivity contribution in [1.82, 2.24) is 0 Å². The highest BCUT2D eigenvalue weighted by atomic mass is 15.0. The molecule has 2 aromatic carbocycles. The lowest BCUT2D eigenvalue weighted by molar-refractivity contribution is 0.803.